The van der Waals surface area contributed by atoms with Gasteiger partial charge in [0.1, 0.15) is 5.69 Å². The first-order valence-electron chi connectivity index (χ1n) is 7.02. The summed E-state index contributed by atoms with van der Waals surface area (Å²) in [5.74, 6) is 0.477. The molecule has 1 saturated carbocycles. The summed E-state index contributed by atoms with van der Waals surface area (Å²) in [7, 11) is 3.71. The smallest absolute Gasteiger partial charge is 0.272 e. The number of carbonyl (C=O) groups excluding carboxylic acids is 1. The molecule has 2 atom stereocenters. The zero-order valence-electron chi connectivity index (χ0n) is 12.1. The lowest BCUT2D eigenvalue weighted by Gasteiger charge is -2.37. The number of carbonyl (C=O) groups is 1. The molecular weight excluding hydrogens is 240 g/mol. The van der Waals surface area contributed by atoms with Gasteiger partial charge in [-0.1, -0.05) is 12.8 Å². The molecule has 19 heavy (non-hydrogen) atoms. The van der Waals surface area contributed by atoms with Gasteiger partial charge in [0.2, 0.25) is 0 Å². The third kappa shape index (κ3) is 2.81. The van der Waals surface area contributed by atoms with E-state index < -0.39 is 0 Å². The minimum atomic E-state index is 0.0495. The average Bonchev–Trinajstić information content (AvgIpc) is 2.76. The Morgan fingerprint density at radius 3 is 2.79 bits per heavy atom. The van der Waals surface area contributed by atoms with E-state index in [1.54, 1.807) is 4.68 Å². The Balaban J connectivity index is 2.16. The first-order valence-corrected chi connectivity index (χ1v) is 7.02. The molecule has 0 radical (unpaired) electrons. The Hall–Kier alpha value is -1.36. The predicted octanol–water partition coefficient (Wildman–Crippen LogP) is 1.32. The number of rotatable bonds is 3. The minimum absolute atomic E-state index is 0.0495. The number of aromatic nitrogens is 2. The van der Waals surface area contributed by atoms with Crippen LogP contribution in [0.1, 0.15) is 41.9 Å². The van der Waals surface area contributed by atoms with Crippen molar-refractivity contribution in [3.63, 3.8) is 0 Å². The average molecular weight is 264 g/mol. The SMILES string of the molecule is Cc1cc(C(=O)N(C)C2CCCCC2CN)n(C)n1. The normalized spacial score (nSPS) is 23.4. The Morgan fingerprint density at radius 1 is 1.53 bits per heavy atom. The third-order valence-corrected chi connectivity index (χ3v) is 4.21. The van der Waals surface area contributed by atoms with Gasteiger partial charge in [-0.05, 0) is 38.3 Å². The predicted molar refractivity (Wildman–Crippen MR) is 74.8 cm³/mol. The van der Waals surface area contributed by atoms with E-state index in [1.165, 1.54) is 12.8 Å². The maximum atomic E-state index is 12.6. The van der Waals surface area contributed by atoms with E-state index >= 15 is 0 Å². The highest BCUT2D eigenvalue weighted by atomic mass is 16.2. The molecule has 1 aliphatic rings. The van der Waals surface area contributed by atoms with Crippen molar-refractivity contribution in [1.29, 1.82) is 0 Å². The molecule has 2 rings (SSSR count). The van der Waals surface area contributed by atoms with Crippen LogP contribution in [0.15, 0.2) is 6.07 Å². The quantitative estimate of drug-likeness (QED) is 0.895. The lowest BCUT2D eigenvalue weighted by atomic mass is 9.83. The van der Waals surface area contributed by atoms with E-state index in [9.17, 15) is 4.79 Å². The molecular formula is C14H24N4O. The minimum Gasteiger partial charge on any atom is -0.337 e. The highest BCUT2D eigenvalue weighted by Crippen LogP contribution is 2.28. The molecule has 0 aromatic carbocycles. The third-order valence-electron chi connectivity index (χ3n) is 4.21. The van der Waals surface area contributed by atoms with Gasteiger partial charge in [-0.25, -0.2) is 0 Å². The van der Waals surface area contributed by atoms with Gasteiger partial charge in [0.15, 0.2) is 0 Å². The molecule has 1 aliphatic carbocycles. The van der Waals surface area contributed by atoms with Gasteiger partial charge in [-0.3, -0.25) is 9.48 Å². The van der Waals surface area contributed by atoms with Gasteiger partial charge in [-0.15, -0.1) is 0 Å². The Kier molecular flexibility index (Phi) is 4.24. The van der Waals surface area contributed by atoms with E-state index in [0.717, 1.165) is 18.5 Å². The van der Waals surface area contributed by atoms with Crippen LogP contribution in [-0.2, 0) is 7.05 Å². The van der Waals surface area contributed by atoms with E-state index in [2.05, 4.69) is 5.10 Å². The molecule has 1 aromatic rings. The Morgan fingerprint density at radius 2 is 2.21 bits per heavy atom. The Labute approximate surface area is 114 Å². The summed E-state index contributed by atoms with van der Waals surface area (Å²) in [5.41, 5.74) is 7.38. The maximum absolute atomic E-state index is 12.6. The van der Waals surface area contributed by atoms with Gasteiger partial charge in [0.25, 0.3) is 5.91 Å². The van der Waals surface area contributed by atoms with E-state index in [1.807, 2.05) is 32.0 Å². The van der Waals surface area contributed by atoms with Crippen molar-refractivity contribution in [2.45, 2.75) is 38.6 Å². The first-order chi connectivity index (χ1) is 9.04. The number of hydrogen-bond acceptors (Lipinski definition) is 3. The summed E-state index contributed by atoms with van der Waals surface area (Å²) in [4.78, 5) is 14.4. The molecule has 106 valence electrons. The molecule has 1 fully saturated rings. The number of hydrogen-bond donors (Lipinski definition) is 1. The lowest BCUT2D eigenvalue weighted by Crippen LogP contribution is -2.46. The summed E-state index contributed by atoms with van der Waals surface area (Å²) in [5, 5.41) is 4.24. The van der Waals surface area contributed by atoms with Crippen molar-refractivity contribution in [1.82, 2.24) is 14.7 Å². The second-order valence-corrected chi connectivity index (χ2v) is 5.56. The van der Waals surface area contributed by atoms with Gasteiger partial charge >= 0.3 is 0 Å². The monoisotopic (exact) mass is 264 g/mol. The van der Waals surface area contributed by atoms with E-state index in [-0.39, 0.29) is 11.9 Å². The molecule has 1 amide bonds. The van der Waals surface area contributed by atoms with E-state index in [0.29, 0.717) is 18.2 Å². The highest BCUT2D eigenvalue weighted by molar-refractivity contribution is 5.92. The molecule has 2 unspecified atom stereocenters. The molecule has 2 N–H and O–H groups in total. The van der Waals surface area contributed by atoms with Gasteiger partial charge < -0.3 is 10.6 Å². The number of nitrogens with zero attached hydrogens (tertiary/aromatic N) is 3. The summed E-state index contributed by atoms with van der Waals surface area (Å²) >= 11 is 0. The molecule has 1 aromatic heterocycles. The zero-order chi connectivity index (χ0) is 14.0. The first kappa shape index (κ1) is 14.1. The standard InChI is InChI=1S/C14H24N4O/c1-10-8-13(18(3)16-10)14(19)17(2)12-7-5-4-6-11(12)9-15/h8,11-12H,4-7,9,15H2,1-3H3. The van der Waals surface area contributed by atoms with Crippen LogP contribution in [0.3, 0.4) is 0 Å². The van der Waals surface area contributed by atoms with Crippen LogP contribution in [-0.4, -0.2) is 40.2 Å². The van der Waals surface area contributed by atoms with Crippen LogP contribution in [0.25, 0.3) is 0 Å². The van der Waals surface area contributed by atoms with Crippen molar-refractivity contribution in [2.24, 2.45) is 18.7 Å². The summed E-state index contributed by atoms with van der Waals surface area (Å²) in [6.07, 6.45) is 4.60. The van der Waals surface area contributed by atoms with Crippen molar-refractivity contribution in [3.05, 3.63) is 17.5 Å². The van der Waals surface area contributed by atoms with Crippen LogP contribution in [0.4, 0.5) is 0 Å². The molecule has 0 saturated heterocycles. The fraction of sp³-hybridized carbons (Fsp3) is 0.714. The molecule has 0 aliphatic heterocycles. The number of aryl methyl sites for hydroxylation is 2. The van der Waals surface area contributed by atoms with Crippen LogP contribution in [0, 0.1) is 12.8 Å². The summed E-state index contributed by atoms with van der Waals surface area (Å²) in [6.45, 7) is 2.56. The summed E-state index contributed by atoms with van der Waals surface area (Å²) in [6, 6.07) is 2.11. The maximum Gasteiger partial charge on any atom is 0.272 e. The number of amides is 1. The lowest BCUT2D eigenvalue weighted by molar-refractivity contribution is 0.0609. The molecule has 0 bridgehead atoms. The van der Waals surface area contributed by atoms with Gasteiger partial charge in [0, 0.05) is 20.1 Å². The molecule has 0 spiro atoms. The van der Waals surface area contributed by atoms with Gasteiger partial charge in [0.05, 0.1) is 5.69 Å². The second kappa shape index (κ2) is 5.74. The van der Waals surface area contributed by atoms with Crippen molar-refractivity contribution >= 4 is 5.91 Å². The van der Waals surface area contributed by atoms with Crippen LogP contribution < -0.4 is 5.73 Å². The van der Waals surface area contributed by atoms with Gasteiger partial charge in [-0.2, -0.15) is 5.10 Å². The second-order valence-electron chi connectivity index (χ2n) is 5.56. The Bertz CT molecular complexity index is 454. The van der Waals surface area contributed by atoms with Crippen LogP contribution >= 0.6 is 0 Å². The van der Waals surface area contributed by atoms with Crippen LogP contribution in [0.2, 0.25) is 0 Å². The fourth-order valence-electron chi connectivity index (χ4n) is 3.11. The van der Waals surface area contributed by atoms with Crippen molar-refractivity contribution in [3.8, 4) is 0 Å². The molecule has 1 heterocycles. The fourth-order valence-corrected chi connectivity index (χ4v) is 3.11. The molecule has 5 heteroatoms. The topological polar surface area (TPSA) is 64.2 Å². The highest BCUT2D eigenvalue weighted by Gasteiger charge is 2.31. The molecule has 5 nitrogen and oxygen atoms in total. The zero-order valence-corrected chi connectivity index (χ0v) is 12.1. The van der Waals surface area contributed by atoms with Crippen molar-refractivity contribution < 1.29 is 4.79 Å². The van der Waals surface area contributed by atoms with E-state index in [4.69, 9.17) is 5.73 Å². The largest absolute Gasteiger partial charge is 0.337 e. The summed E-state index contributed by atoms with van der Waals surface area (Å²) < 4.78 is 1.66. The van der Waals surface area contributed by atoms with Crippen molar-refractivity contribution in [2.75, 3.05) is 13.6 Å². The van der Waals surface area contributed by atoms with Crippen LogP contribution in [0.5, 0.6) is 0 Å². The number of nitrogens with two attached hydrogens (primary N) is 1.